The Labute approximate surface area is 157 Å². The molecule has 1 fully saturated rings. The summed E-state index contributed by atoms with van der Waals surface area (Å²) >= 11 is 4.25. The molecule has 25 heavy (non-hydrogen) atoms. The zero-order valence-corrected chi connectivity index (χ0v) is 15.3. The van der Waals surface area contributed by atoms with Crippen molar-refractivity contribution in [3.05, 3.63) is 80.7 Å². The van der Waals surface area contributed by atoms with Crippen molar-refractivity contribution in [2.75, 3.05) is 0 Å². The van der Waals surface area contributed by atoms with Crippen molar-refractivity contribution in [3.8, 4) is 0 Å². The van der Waals surface area contributed by atoms with Crippen LogP contribution in [0.15, 0.2) is 64.0 Å². The molecule has 1 heterocycles. The van der Waals surface area contributed by atoms with Gasteiger partial charge in [0.05, 0.1) is 4.91 Å². The lowest BCUT2D eigenvalue weighted by molar-refractivity contribution is -0.115. The van der Waals surface area contributed by atoms with E-state index in [9.17, 15) is 14.4 Å². The minimum Gasteiger partial charge on any atom is -0.289 e. The third-order valence-corrected chi connectivity index (χ3v) is 4.94. The Morgan fingerprint density at radius 2 is 1.68 bits per heavy atom. The first-order valence-electron chi connectivity index (χ1n) is 7.35. The van der Waals surface area contributed by atoms with Gasteiger partial charge in [-0.05, 0) is 47.2 Å². The van der Waals surface area contributed by atoms with Gasteiger partial charge in [0.25, 0.3) is 11.1 Å². The second-order valence-corrected chi connectivity index (χ2v) is 7.07. The summed E-state index contributed by atoms with van der Waals surface area (Å²) in [6, 6.07) is 14.6. The van der Waals surface area contributed by atoms with E-state index in [4.69, 9.17) is 0 Å². The maximum atomic E-state index is 12.2. The summed E-state index contributed by atoms with van der Waals surface area (Å²) in [5.74, 6) is -0.464. The van der Waals surface area contributed by atoms with Crippen LogP contribution in [-0.4, -0.2) is 16.9 Å². The number of carbonyl (C=O) groups is 3. The van der Waals surface area contributed by atoms with Crippen LogP contribution in [-0.2, 0) is 4.79 Å². The van der Waals surface area contributed by atoms with Gasteiger partial charge in [0, 0.05) is 10.0 Å². The minimum atomic E-state index is -0.377. The average Bonchev–Trinajstić information content (AvgIpc) is 2.91. The lowest BCUT2D eigenvalue weighted by Gasteiger charge is -2.00. The molecule has 124 valence electrons. The number of imide groups is 1. The molecule has 1 saturated heterocycles. The summed E-state index contributed by atoms with van der Waals surface area (Å²) in [6.45, 7) is 0. The Kier molecular flexibility index (Phi) is 5.31. The molecule has 0 unspecified atom stereocenters. The number of hydrogen-bond donors (Lipinski definition) is 1. The van der Waals surface area contributed by atoms with Crippen molar-refractivity contribution in [3.63, 3.8) is 0 Å². The number of amides is 2. The molecule has 1 aliphatic rings. The maximum absolute atomic E-state index is 12.2. The van der Waals surface area contributed by atoms with E-state index in [1.54, 1.807) is 18.2 Å². The van der Waals surface area contributed by atoms with Gasteiger partial charge in [-0.1, -0.05) is 58.4 Å². The lowest BCUT2D eigenvalue weighted by atomic mass is 10.1. The molecule has 2 aromatic rings. The zero-order chi connectivity index (χ0) is 17.8. The van der Waals surface area contributed by atoms with Gasteiger partial charge in [-0.2, -0.15) is 0 Å². The van der Waals surface area contributed by atoms with Crippen LogP contribution in [0.25, 0.3) is 12.2 Å². The fourth-order valence-corrected chi connectivity index (χ4v) is 3.36. The Morgan fingerprint density at radius 1 is 1.00 bits per heavy atom. The standard InChI is InChI=1S/C19H12BrNO3S/c20-15-4-2-1-3-14(15)16(22)10-9-12-5-7-13(8-6-12)11-17-18(23)21-19(24)25-17/h1-11H,(H,21,23,24)/b10-9+,17-11-. The quantitative estimate of drug-likeness (QED) is 0.584. The second-order valence-electron chi connectivity index (χ2n) is 5.20. The van der Waals surface area contributed by atoms with Gasteiger partial charge in [0.15, 0.2) is 5.78 Å². The van der Waals surface area contributed by atoms with E-state index in [0.717, 1.165) is 27.4 Å². The normalized spacial score (nSPS) is 15.8. The predicted octanol–water partition coefficient (Wildman–Crippen LogP) is 4.67. The van der Waals surface area contributed by atoms with Crippen molar-refractivity contribution in [2.45, 2.75) is 0 Å². The molecule has 0 aromatic heterocycles. The number of thioether (sulfide) groups is 1. The summed E-state index contributed by atoms with van der Waals surface area (Å²) in [6.07, 6.45) is 4.91. The largest absolute Gasteiger partial charge is 0.290 e. The first-order chi connectivity index (χ1) is 12.0. The monoisotopic (exact) mass is 413 g/mol. The van der Waals surface area contributed by atoms with Crippen LogP contribution >= 0.6 is 27.7 Å². The third-order valence-electron chi connectivity index (χ3n) is 3.44. The number of carbonyl (C=O) groups excluding carboxylic acids is 3. The van der Waals surface area contributed by atoms with Crippen molar-refractivity contribution in [1.29, 1.82) is 0 Å². The van der Waals surface area contributed by atoms with E-state index < -0.39 is 0 Å². The van der Waals surface area contributed by atoms with E-state index in [2.05, 4.69) is 21.2 Å². The number of ketones is 1. The maximum Gasteiger partial charge on any atom is 0.290 e. The minimum absolute atomic E-state index is 0.0868. The number of nitrogens with one attached hydrogen (secondary N) is 1. The molecule has 3 rings (SSSR count). The molecule has 0 aliphatic carbocycles. The molecule has 0 radical (unpaired) electrons. The van der Waals surface area contributed by atoms with Crippen LogP contribution in [0.2, 0.25) is 0 Å². The van der Waals surface area contributed by atoms with Crippen LogP contribution in [0.4, 0.5) is 4.79 Å². The van der Waals surface area contributed by atoms with E-state index in [-0.39, 0.29) is 16.9 Å². The molecule has 1 aliphatic heterocycles. The van der Waals surface area contributed by atoms with Crippen molar-refractivity contribution < 1.29 is 14.4 Å². The molecule has 2 aromatic carbocycles. The van der Waals surface area contributed by atoms with E-state index in [1.807, 2.05) is 42.5 Å². The fraction of sp³-hybridized carbons (Fsp3) is 0. The lowest BCUT2D eigenvalue weighted by Crippen LogP contribution is -2.17. The zero-order valence-electron chi connectivity index (χ0n) is 12.9. The van der Waals surface area contributed by atoms with Gasteiger partial charge in [-0.25, -0.2) is 0 Å². The fourth-order valence-electron chi connectivity index (χ4n) is 2.20. The van der Waals surface area contributed by atoms with Gasteiger partial charge in [0.1, 0.15) is 0 Å². The topological polar surface area (TPSA) is 63.2 Å². The highest BCUT2D eigenvalue weighted by atomic mass is 79.9. The highest BCUT2D eigenvalue weighted by molar-refractivity contribution is 9.10. The van der Waals surface area contributed by atoms with Crippen molar-refractivity contribution in [2.24, 2.45) is 0 Å². The molecule has 0 bridgehead atoms. The van der Waals surface area contributed by atoms with E-state index in [1.165, 1.54) is 6.08 Å². The first kappa shape index (κ1) is 17.4. The van der Waals surface area contributed by atoms with Crippen LogP contribution in [0.5, 0.6) is 0 Å². The van der Waals surface area contributed by atoms with Crippen molar-refractivity contribution >= 4 is 56.8 Å². The van der Waals surface area contributed by atoms with E-state index in [0.29, 0.717) is 10.5 Å². The number of rotatable bonds is 4. The van der Waals surface area contributed by atoms with Crippen molar-refractivity contribution in [1.82, 2.24) is 5.32 Å². The first-order valence-corrected chi connectivity index (χ1v) is 8.96. The average molecular weight is 414 g/mol. The number of benzene rings is 2. The molecule has 1 N–H and O–H groups in total. The Bertz CT molecular complexity index is 917. The SMILES string of the molecule is O=C1NC(=O)/C(=C/c2ccc(/C=C/C(=O)c3ccccc3Br)cc2)S1. The summed E-state index contributed by atoms with van der Waals surface area (Å²) < 4.78 is 0.758. The second kappa shape index (κ2) is 7.63. The van der Waals surface area contributed by atoms with Gasteiger partial charge in [0.2, 0.25) is 0 Å². The Hall–Kier alpha value is -2.44. The highest BCUT2D eigenvalue weighted by Crippen LogP contribution is 2.25. The third kappa shape index (κ3) is 4.35. The Morgan fingerprint density at radius 3 is 2.32 bits per heavy atom. The summed E-state index contributed by atoms with van der Waals surface area (Å²) in [5, 5.41) is 1.86. The highest BCUT2D eigenvalue weighted by Gasteiger charge is 2.24. The summed E-state index contributed by atoms with van der Waals surface area (Å²) in [7, 11) is 0. The van der Waals surface area contributed by atoms with Gasteiger partial charge < -0.3 is 0 Å². The predicted molar refractivity (Wildman–Crippen MR) is 103 cm³/mol. The molecule has 0 atom stereocenters. The Balaban J connectivity index is 1.72. The summed E-state index contributed by atoms with van der Waals surface area (Å²) in [4.78, 5) is 35.2. The van der Waals surface area contributed by atoms with Crippen LogP contribution < -0.4 is 5.32 Å². The van der Waals surface area contributed by atoms with Gasteiger partial charge in [-0.3, -0.25) is 19.7 Å². The molecule has 0 spiro atoms. The molecule has 0 saturated carbocycles. The number of halogens is 1. The smallest absolute Gasteiger partial charge is 0.289 e. The molecular formula is C19H12BrNO3S. The molecule has 2 amide bonds. The molecular weight excluding hydrogens is 402 g/mol. The van der Waals surface area contributed by atoms with E-state index >= 15 is 0 Å². The molecule has 6 heteroatoms. The van der Waals surface area contributed by atoms with Crippen LogP contribution in [0.1, 0.15) is 21.5 Å². The van der Waals surface area contributed by atoms with Crippen LogP contribution in [0.3, 0.4) is 0 Å². The number of hydrogen-bond acceptors (Lipinski definition) is 4. The number of allylic oxidation sites excluding steroid dienone is 1. The van der Waals surface area contributed by atoms with Crippen LogP contribution in [0, 0.1) is 0 Å². The summed E-state index contributed by atoms with van der Waals surface area (Å²) in [5.41, 5.74) is 2.28. The van der Waals surface area contributed by atoms with Gasteiger partial charge >= 0.3 is 0 Å². The molecule has 4 nitrogen and oxygen atoms in total. The van der Waals surface area contributed by atoms with Gasteiger partial charge in [-0.15, -0.1) is 0 Å².